The summed E-state index contributed by atoms with van der Waals surface area (Å²) in [6, 6.07) is 5.08. The number of imidazole rings is 1. The van der Waals surface area contributed by atoms with Crippen molar-refractivity contribution in [1.82, 2.24) is 14.9 Å². The monoisotopic (exact) mass is 221 g/mol. The molecule has 0 saturated heterocycles. The molecule has 0 aliphatic carbocycles. The third-order valence-corrected chi connectivity index (χ3v) is 2.60. The molecule has 3 nitrogen and oxygen atoms in total. The van der Waals surface area contributed by atoms with Crippen molar-refractivity contribution in [2.75, 3.05) is 0 Å². The highest BCUT2D eigenvalue weighted by molar-refractivity contribution is 5.75. The minimum absolute atomic E-state index is 0.223. The van der Waals surface area contributed by atoms with E-state index in [1.165, 1.54) is 12.1 Å². The molecule has 2 aromatic rings. The van der Waals surface area contributed by atoms with E-state index in [4.69, 9.17) is 0 Å². The molecule has 1 aromatic carbocycles. The van der Waals surface area contributed by atoms with E-state index in [-0.39, 0.29) is 5.82 Å². The fraction of sp³-hybridized carbons (Fsp3) is 0.417. The first-order valence-corrected chi connectivity index (χ1v) is 5.42. The van der Waals surface area contributed by atoms with Crippen molar-refractivity contribution in [2.45, 2.75) is 26.4 Å². The summed E-state index contributed by atoms with van der Waals surface area (Å²) in [6.45, 7) is 4.87. The summed E-state index contributed by atoms with van der Waals surface area (Å²) in [5.41, 5.74) is 1.67. The van der Waals surface area contributed by atoms with E-state index in [0.29, 0.717) is 12.6 Å². The molecule has 0 unspecified atom stereocenters. The van der Waals surface area contributed by atoms with Gasteiger partial charge in [0.25, 0.3) is 0 Å². The molecule has 1 heterocycles. The van der Waals surface area contributed by atoms with Crippen LogP contribution in [0.2, 0.25) is 0 Å². The van der Waals surface area contributed by atoms with E-state index in [1.54, 1.807) is 6.07 Å². The number of nitrogens with one attached hydrogen (secondary N) is 1. The minimum atomic E-state index is -0.223. The number of nitrogens with zero attached hydrogens (tertiary/aromatic N) is 2. The lowest BCUT2D eigenvalue weighted by Crippen LogP contribution is -2.23. The Morgan fingerprint density at radius 3 is 2.88 bits per heavy atom. The Bertz CT molecular complexity index is 502. The van der Waals surface area contributed by atoms with Crippen LogP contribution in [-0.4, -0.2) is 15.6 Å². The molecule has 0 spiro atoms. The summed E-state index contributed by atoms with van der Waals surface area (Å²) in [4.78, 5) is 4.46. The van der Waals surface area contributed by atoms with E-state index in [1.807, 2.05) is 11.6 Å². The van der Waals surface area contributed by atoms with Crippen LogP contribution in [0.4, 0.5) is 4.39 Å². The second-order valence-corrected chi connectivity index (χ2v) is 4.26. The quantitative estimate of drug-likeness (QED) is 0.861. The van der Waals surface area contributed by atoms with Gasteiger partial charge in [-0.25, -0.2) is 9.37 Å². The molecule has 0 amide bonds. The highest BCUT2D eigenvalue weighted by atomic mass is 19.1. The number of aryl methyl sites for hydroxylation is 1. The maximum Gasteiger partial charge on any atom is 0.125 e. The Labute approximate surface area is 94.3 Å². The fourth-order valence-electron chi connectivity index (χ4n) is 1.67. The lowest BCUT2D eigenvalue weighted by Gasteiger charge is -2.07. The summed E-state index contributed by atoms with van der Waals surface area (Å²) in [5.74, 6) is 0.702. The van der Waals surface area contributed by atoms with Crippen LogP contribution in [0.1, 0.15) is 19.7 Å². The van der Waals surface area contributed by atoms with Crippen LogP contribution < -0.4 is 5.32 Å². The lowest BCUT2D eigenvalue weighted by atomic mass is 10.3. The van der Waals surface area contributed by atoms with Gasteiger partial charge in [-0.2, -0.15) is 0 Å². The number of hydrogen-bond donors (Lipinski definition) is 1. The van der Waals surface area contributed by atoms with E-state index < -0.39 is 0 Å². The minimum Gasteiger partial charge on any atom is -0.330 e. The number of rotatable bonds is 3. The van der Waals surface area contributed by atoms with E-state index in [0.717, 1.165) is 16.9 Å². The Kier molecular flexibility index (Phi) is 2.92. The van der Waals surface area contributed by atoms with Gasteiger partial charge in [0.1, 0.15) is 11.6 Å². The molecular formula is C12H16FN3. The van der Waals surface area contributed by atoms with Gasteiger partial charge in [-0.3, -0.25) is 0 Å². The van der Waals surface area contributed by atoms with Crippen molar-refractivity contribution >= 4 is 11.0 Å². The largest absolute Gasteiger partial charge is 0.330 e. The topological polar surface area (TPSA) is 29.9 Å². The van der Waals surface area contributed by atoms with Crippen molar-refractivity contribution in [3.05, 3.63) is 29.8 Å². The van der Waals surface area contributed by atoms with Crippen LogP contribution in [0.5, 0.6) is 0 Å². The smallest absolute Gasteiger partial charge is 0.125 e. The Morgan fingerprint density at radius 2 is 2.19 bits per heavy atom. The average Bonchev–Trinajstić information content (AvgIpc) is 2.53. The van der Waals surface area contributed by atoms with Gasteiger partial charge < -0.3 is 9.88 Å². The van der Waals surface area contributed by atoms with Crippen molar-refractivity contribution in [1.29, 1.82) is 0 Å². The third-order valence-electron chi connectivity index (χ3n) is 2.60. The zero-order valence-electron chi connectivity index (χ0n) is 9.79. The van der Waals surface area contributed by atoms with Crippen molar-refractivity contribution in [3.8, 4) is 0 Å². The number of halogens is 1. The Hall–Kier alpha value is -1.42. The predicted molar refractivity (Wildman–Crippen MR) is 62.6 cm³/mol. The summed E-state index contributed by atoms with van der Waals surface area (Å²) in [5, 5.41) is 3.30. The van der Waals surface area contributed by atoms with Crippen molar-refractivity contribution in [3.63, 3.8) is 0 Å². The molecule has 0 saturated carbocycles. The van der Waals surface area contributed by atoms with Crippen LogP contribution >= 0.6 is 0 Å². The molecule has 86 valence electrons. The summed E-state index contributed by atoms with van der Waals surface area (Å²) >= 11 is 0. The molecule has 2 rings (SSSR count). The van der Waals surface area contributed by atoms with Gasteiger partial charge in [-0.15, -0.1) is 0 Å². The first-order valence-electron chi connectivity index (χ1n) is 5.42. The Balaban J connectivity index is 2.36. The second-order valence-electron chi connectivity index (χ2n) is 4.26. The summed E-state index contributed by atoms with van der Waals surface area (Å²) in [7, 11) is 1.91. The second kappa shape index (κ2) is 4.22. The van der Waals surface area contributed by atoms with Gasteiger partial charge in [-0.1, -0.05) is 13.8 Å². The predicted octanol–water partition coefficient (Wildman–Crippen LogP) is 2.21. The van der Waals surface area contributed by atoms with Gasteiger partial charge in [0, 0.05) is 13.1 Å². The Morgan fingerprint density at radius 1 is 1.44 bits per heavy atom. The van der Waals surface area contributed by atoms with Gasteiger partial charge in [-0.05, 0) is 18.2 Å². The van der Waals surface area contributed by atoms with E-state index >= 15 is 0 Å². The molecule has 1 aromatic heterocycles. The maximum atomic E-state index is 13.1. The van der Waals surface area contributed by atoms with Crippen LogP contribution in [-0.2, 0) is 13.6 Å². The number of hydrogen-bond acceptors (Lipinski definition) is 2. The number of aromatic nitrogens is 2. The molecule has 0 atom stereocenters. The SMILES string of the molecule is CC(C)NCc1nc2ccc(F)cc2n1C. The standard InChI is InChI=1S/C12H16FN3/c1-8(2)14-7-12-15-10-5-4-9(13)6-11(10)16(12)3/h4-6,8,14H,7H2,1-3H3. The third kappa shape index (κ3) is 2.07. The molecule has 4 heteroatoms. The summed E-state index contributed by atoms with van der Waals surface area (Å²) in [6.07, 6.45) is 0. The molecule has 0 radical (unpaired) electrons. The zero-order valence-corrected chi connectivity index (χ0v) is 9.79. The highest BCUT2D eigenvalue weighted by Gasteiger charge is 2.08. The number of fused-ring (bicyclic) bond motifs is 1. The lowest BCUT2D eigenvalue weighted by molar-refractivity contribution is 0.563. The zero-order chi connectivity index (χ0) is 11.7. The molecule has 0 aliphatic heterocycles. The van der Waals surface area contributed by atoms with E-state index in [2.05, 4.69) is 24.1 Å². The molecule has 1 N–H and O–H groups in total. The first kappa shape index (κ1) is 11.1. The van der Waals surface area contributed by atoms with Crippen LogP contribution in [0.25, 0.3) is 11.0 Å². The van der Waals surface area contributed by atoms with Crippen molar-refractivity contribution in [2.24, 2.45) is 7.05 Å². The average molecular weight is 221 g/mol. The van der Waals surface area contributed by atoms with Crippen molar-refractivity contribution < 1.29 is 4.39 Å². The highest BCUT2D eigenvalue weighted by Crippen LogP contribution is 2.16. The van der Waals surface area contributed by atoms with Gasteiger partial charge in [0.15, 0.2) is 0 Å². The molecule has 0 fully saturated rings. The van der Waals surface area contributed by atoms with Crippen LogP contribution in [0.15, 0.2) is 18.2 Å². The normalized spacial score (nSPS) is 11.6. The molecular weight excluding hydrogens is 205 g/mol. The molecule has 16 heavy (non-hydrogen) atoms. The van der Waals surface area contributed by atoms with Gasteiger partial charge >= 0.3 is 0 Å². The molecule has 0 aliphatic rings. The summed E-state index contributed by atoms with van der Waals surface area (Å²) < 4.78 is 15.0. The van der Waals surface area contributed by atoms with Crippen LogP contribution in [0, 0.1) is 5.82 Å². The first-order chi connectivity index (χ1) is 7.58. The number of benzene rings is 1. The van der Waals surface area contributed by atoms with Gasteiger partial charge in [0.2, 0.25) is 0 Å². The fourth-order valence-corrected chi connectivity index (χ4v) is 1.67. The van der Waals surface area contributed by atoms with Gasteiger partial charge in [0.05, 0.1) is 17.6 Å². The maximum absolute atomic E-state index is 13.1. The van der Waals surface area contributed by atoms with Crippen LogP contribution in [0.3, 0.4) is 0 Å². The molecule has 0 bridgehead atoms. The van der Waals surface area contributed by atoms with E-state index in [9.17, 15) is 4.39 Å².